The van der Waals surface area contributed by atoms with E-state index in [2.05, 4.69) is 32.5 Å². The third-order valence-electron chi connectivity index (χ3n) is 13.3. The van der Waals surface area contributed by atoms with E-state index in [9.17, 15) is 18.0 Å². The summed E-state index contributed by atoms with van der Waals surface area (Å²) in [7, 11) is -2.02. The summed E-state index contributed by atoms with van der Waals surface area (Å²) < 4.78 is 52.9. The molecule has 0 aromatic heterocycles. The van der Waals surface area contributed by atoms with E-state index in [0.29, 0.717) is 55.8 Å². The molecule has 2 aromatic carbocycles. The number of piperazine rings is 1. The molecule has 4 aliphatic heterocycles. The van der Waals surface area contributed by atoms with E-state index in [0.717, 1.165) is 51.5 Å². The number of carbonyl (C=O) groups is 2. The Kier molecular flexibility index (Phi) is 9.60. The summed E-state index contributed by atoms with van der Waals surface area (Å²) in [4.78, 5) is 36.8. The first-order chi connectivity index (χ1) is 25.3. The Labute approximate surface area is 317 Å². The van der Waals surface area contributed by atoms with Crippen molar-refractivity contribution in [1.82, 2.24) is 19.4 Å². The Bertz CT molecular complexity index is 1940. The molecule has 0 radical (unpaired) electrons. The summed E-state index contributed by atoms with van der Waals surface area (Å²) in [6, 6.07) is 9.92. The maximum atomic E-state index is 16.9. The van der Waals surface area contributed by atoms with Crippen molar-refractivity contribution in [3.8, 4) is 5.75 Å². The van der Waals surface area contributed by atoms with Gasteiger partial charge in [-0.25, -0.2) is 17.5 Å². The highest BCUT2D eigenvalue weighted by molar-refractivity contribution is 7.90. The highest BCUT2D eigenvalue weighted by Crippen LogP contribution is 2.46. The molecule has 4 heterocycles. The monoisotopic (exact) mass is 767 g/mol. The van der Waals surface area contributed by atoms with Crippen LogP contribution in [0.15, 0.2) is 48.3 Å². The molecule has 2 saturated heterocycles. The normalized spacial score (nSPS) is 32.5. The van der Waals surface area contributed by atoms with Gasteiger partial charge >= 0.3 is 0 Å². The number of rotatable bonds is 1. The average Bonchev–Trinajstić information content (AvgIpc) is 3.80. The second-order valence-corrected chi connectivity index (χ2v) is 19.1. The summed E-state index contributed by atoms with van der Waals surface area (Å²) in [5, 5.41) is -0.303. The van der Waals surface area contributed by atoms with Crippen LogP contribution in [0, 0.1) is 5.92 Å². The molecule has 53 heavy (non-hydrogen) atoms. The number of hydrogen-bond donors (Lipinski definition) is 1. The second-order valence-electron chi connectivity index (χ2n) is 16.6. The summed E-state index contributed by atoms with van der Waals surface area (Å²) in [6.07, 6.45) is 7.92. The minimum absolute atomic E-state index is 0.0259. The fraction of sp³-hybridized carbons (Fsp3) is 0.600. The average molecular weight is 768 g/mol. The number of halogens is 2. The second kappa shape index (κ2) is 13.8. The number of nitrogens with zero attached hydrogens (tertiary/aromatic N) is 4. The molecule has 3 fully saturated rings. The van der Waals surface area contributed by atoms with Gasteiger partial charge in [0.05, 0.1) is 17.5 Å². The van der Waals surface area contributed by atoms with Crippen molar-refractivity contribution >= 4 is 39.1 Å². The molecular weight excluding hydrogens is 717 g/mol. The first kappa shape index (κ1) is 36.8. The molecule has 2 amide bonds. The van der Waals surface area contributed by atoms with Crippen molar-refractivity contribution in [3.05, 3.63) is 70.0 Å². The number of amides is 2. The van der Waals surface area contributed by atoms with Gasteiger partial charge in [-0.2, -0.15) is 0 Å². The van der Waals surface area contributed by atoms with Gasteiger partial charge in [0, 0.05) is 60.3 Å². The smallest absolute Gasteiger partial charge is 0.264 e. The van der Waals surface area contributed by atoms with Crippen LogP contribution in [0.1, 0.15) is 80.3 Å². The van der Waals surface area contributed by atoms with E-state index >= 15 is 4.39 Å². The van der Waals surface area contributed by atoms with Gasteiger partial charge in [-0.1, -0.05) is 30.7 Å². The summed E-state index contributed by atoms with van der Waals surface area (Å²) in [5.74, 6) is -1.40. The van der Waals surface area contributed by atoms with E-state index in [1.165, 1.54) is 24.1 Å². The van der Waals surface area contributed by atoms with Crippen molar-refractivity contribution in [3.63, 3.8) is 0 Å². The van der Waals surface area contributed by atoms with Crippen LogP contribution >= 0.6 is 11.6 Å². The highest BCUT2D eigenvalue weighted by atomic mass is 35.5. The van der Waals surface area contributed by atoms with Crippen LogP contribution in [0.5, 0.6) is 5.75 Å². The summed E-state index contributed by atoms with van der Waals surface area (Å²) in [6.45, 7) is 7.15. The van der Waals surface area contributed by atoms with Crippen LogP contribution in [0.3, 0.4) is 0 Å². The Morgan fingerprint density at radius 3 is 2.64 bits per heavy atom. The Morgan fingerprint density at radius 1 is 1.04 bits per heavy atom. The molecule has 1 N–H and O–H groups in total. The number of anilines is 1. The minimum Gasteiger partial charge on any atom is -0.490 e. The highest BCUT2D eigenvalue weighted by Gasteiger charge is 2.52. The molecule has 10 nitrogen and oxygen atoms in total. The maximum Gasteiger partial charge on any atom is 0.264 e. The van der Waals surface area contributed by atoms with Crippen molar-refractivity contribution in [1.29, 1.82) is 0 Å². The number of carbonyl (C=O) groups excluding carboxylic acids is 2. The first-order valence-electron chi connectivity index (χ1n) is 19.3. The molecule has 2 bridgehead atoms. The van der Waals surface area contributed by atoms with Crippen LogP contribution in [0.25, 0.3) is 0 Å². The Hall–Kier alpha value is -3.19. The number of benzene rings is 2. The van der Waals surface area contributed by atoms with Crippen molar-refractivity contribution < 1.29 is 27.1 Å². The third-order valence-corrected chi connectivity index (χ3v) is 15.5. The molecule has 2 aromatic rings. The summed E-state index contributed by atoms with van der Waals surface area (Å²) >= 11 is 6.47. The van der Waals surface area contributed by atoms with E-state index in [1.54, 1.807) is 25.1 Å². The minimum atomic E-state index is -4.12. The van der Waals surface area contributed by atoms with Gasteiger partial charge in [0.1, 0.15) is 17.6 Å². The van der Waals surface area contributed by atoms with E-state index in [4.69, 9.17) is 16.3 Å². The Morgan fingerprint density at radius 2 is 1.85 bits per heavy atom. The van der Waals surface area contributed by atoms with Gasteiger partial charge in [-0.15, -0.1) is 0 Å². The SMILES string of the molecule is C[C@@H]1[C@@H](C)C/C=C(\F)[C@H](C(=O)N2CCN(C)C3(CC3)C2)N2CCC[C@H]2CN2C[C@@]3(CCCc4cc(Cl)ccc43)COc3ccc(cc32)C(=O)NS1(=O)=O. The van der Waals surface area contributed by atoms with Crippen molar-refractivity contribution in [2.75, 3.05) is 57.8 Å². The zero-order valence-corrected chi connectivity index (χ0v) is 32.5. The van der Waals surface area contributed by atoms with Crippen LogP contribution in [-0.2, 0) is 26.7 Å². The third kappa shape index (κ3) is 6.76. The number of sulfonamides is 1. The largest absolute Gasteiger partial charge is 0.490 e. The quantitative estimate of drug-likeness (QED) is 0.418. The van der Waals surface area contributed by atoms with Gasteiger partial charge in [0.25, 0.3) is 5.91 Å². The number of nitrogens with one attached hydrogen (secondary N) is 1. The first-order valence-corrected chi connectivity index (χ1v) is 21.2. The molecular formula is C40H51ClFN5O5S. The topological polar surface area (TPSA) is 102 Å². The molecule has 13 heteroatoms. The molecule has 8 rings (SSSR count). The van der Waals surface area contributed by atoms with Crippen LogP contribution in [0.4, 0.5) is 10.1 Å². The lowest BCUT2D eigenvalue weighted by Crippen LogP contribution is -2.60. The molecule has 6 aliphatic rings. The number of aryl methyl sites for hydroxylation is 1. The fourth-order valence-electron chi connectivity index (χ4n) is 9.62. The molecule has 5 atom stereocenters. The van der Waals surface area contributed by atoms with Crippen LogP contribution < -0.4 is 14.4 Å². The van der Waals surface area contributed by atoms with Gasteiger partial charge < -0.3 is 14.5 Å². The van der Waals surface area contributed by atoms with E-state index in [-0.39, 0.29) is 29.5 Å². The number of allylic oxidation sites excluding steroid dienone is 1. The van der Waals surface area contributed by atoms with Gasteiger partial charge in [-0.05, 0) is 119 Å². The van der Waals surface area contributed by atoms with Gasteiger partial charge in [0.15, 0.2) is 0 Å². The van der Waals surface area contributed by atoms with Crippen molar-refractivity contribution in [2.24, 2.45) is 5.92 Å². The number of fused-ring (bicyclic) bond motifs is 4. The molecule has 2 aliphatic carbocycles. The predicted molar refractivity (Wildman–Crippen MR) is 204 cm³/mol. The Balaban J connectivity index is 1.22. The summed E-state index contributed by atoms with van der Waals surface area (Å²) in [5.41, 5.74) is 2.87. The molecule has 1 saturated carbocycles. The maximum absolute atomic E-state index is 16.9. The van der Waals surface area contributed by atoms with Crippen molar-refractivity contribution in [2.45, 2.75) is 93.5 Å². The molecule has 0 unspecified atom stereocenters. The van der Waals surface area contributed by atoms with Crippen LogP contribution in [-0.4, -0.2) is 111 Å². The zero-order valence-electron chi connectivity index (χ0n) is 31.0. The van der Waals surface area contributed by atoms with Gasteiger partial charge in [0.2, 0.25) is 15.9 Å². The fourth-order valence-corrected chi connectivity index (χ4v) is 11.1. The molecule has 2 spiro atoms. The zero-order chi connectivity index (χ0) is 37.3. The number of hydrogen-bond acceptors (Lipinski definition) is 8. The van der Waals surface area contributed by atoms with E-state index in [1.807, 2.05) is 17.0 Å². The predicted octanol–water partition coefficient (Wildman–Crippen LogP) is 5.29. The standard InChI is InChI=1S/C40H51ClFN5O5S/c1-26-8-12-33(42)36(38(49)45-19-18-44(3)40(24-45)15-16-40)47-17-5-7-31(47)22-46-23-39(14-4-6-28-20-30(41)10-11-32(28)39)25-52-35-13-9-29(21-34(35)46)37(48)43-53(50,51)27(26)2/h9-13,20-21,26-27,31,36H,4-8,14-19,22-25H2,1-3H3,(H,43,48)/b33-12-/t26-,27+,31-,36+,39-/m0/s1. The number of ether oxygens (including phenoxy) is 1. The lowest BCUT2D eigenvalue weighted by atomic mass is 9.70. The van der Waals surface area contributed by atoms with E-state index < -0.39 is 44.4 Å². The van der Waals surface area contributed by atoms with Gasteiger partial charge in [-0.3, -0.25) is 19.4 Å². The number of likely N-dealkylation sites (N-methyl/N-ethyl adjacent to an activating group) is 1. The molecule has 286 valence electrons. The lowest BCUT2D eigenvalue weighted by Gasteiger charge is -2.44. The van der Waals surface area contributed by atoms with Crippen LogP contribution in [0.2, 0.25) is 5.02 Å². The lowest BCUT2D eigenvalue weighted by molar-refractivity contribution is -0.139.